The number of hydrogen-bond donors (Lipinski definition) is 1. The third-order valence-corrected chi connectivity index (χ3v) is 5.18. The summed E-state index contributed by atoms with van der Waals surface area (Å²) in [4.78, 5) is 2.69. The van der Waals surface area contributed by atoms with Crippen LogP contribution in [0.2, 0.25) is 0 Å². The summed E-state index contributed by atoms with van der Waals surface area (Å²) >= 11 is 3.77. The van der Waals surface area contributed by atoms with Crippen molar-refractivity contribution in [2.24, 2.45) is 0 Å². The number of halogens is 1. The molecule has 0 bridgehead atoms. The largest absolute Gasteiger partial charge is 0.313 e. The van der Waals surface area contributed by atoms with Crippen molar-refractivity contribution in [1.29, 1.82) is 0 Å². The molecule has 0 spiro atoms. The van der Waals surface area contributed by atoms with Crippen molar-refractivity contribution in [1.82, 2.24) is 10.2 Å². The molecular formula is C18H29BrN2. The summed E-state index contributed by atoms with van der Waals surface area (Å²) in [5, 5.41) is 3.39. The Morgan fingerprint density at radius 3 is 2.86 bits per heavy atom. The fourth-order valence-electron chi connectivity index (χ4n) is 3.25. The summed E-state index contributed by atoms with van der Waals surface area (Å²) in [6.45, 7) is 8.78. The van der Waals surface area contributed by atoms with Crippen molar-refractivity contribution < 1.29 is 0 Å². The molecule has 1 aromatic rings. The van der Waals surface area contributed by atoms with Gasteiger partial charge in [0.25, 0.3) is 0 Å². The Morgan fingerprint density at radius 1 is 1.29 bits per heavy atom. The minimum absolute atomic E-state index is 0.789. The van der Waals surface area contributed by atoms with Crippen LogP contribution in [0.3, 0.4) is 0 Å². The van der Waals surface area contributed by atoms with E-state index in [2.05, 4.69) is 58.2 Å². The summed E-state index contributed by atoms with van der Waals surface area (Å²) in [5.74, 6) is 0. The molecule has 21 heavy (non-hydrogen) atoms. The summed E-state index contributed by atoms with van der Waals surface area (Å²) in [6.07, 6.45) is 6.78. The maximum atomic E-state index is 3.77. The van der Waals surface area contributed by atoms with Crippen molar-refractivity contribution in [3.05, 3.63) is 33.8 Å². The highest BCUT2D eigenvalue weighted by Gasteiger charge is 2.22. The van der Waals surface area contributed by atoms with E-state index in [1.807, 2.05) is 0 Å². The summed E-state index contributed by atoms with van der Waals surface area (Å²) < 4.78 is 1.26. The molecule has 0 radical (unpaired) electrons. The average Bonchev–Trinajstić information content (AvgIpc) is 2.49. The molecule has 2 rings (SSSR count). The van der Waals surface area contributed by atoms with Gasteiger partial charge in [-0.15, -0.1) is 0 Å². The van der Waals surface area contributed by atoms with E-state index < -0.39 is 0 Å². The van der Waals surface area contributed by atoms with Crippen LogP contribution in [-0.4, -0.2) is 24.0 Å². The monoisotopic (exact) mass is 352 g/mol. The minimum Gasteiger partial charge on any atom is -0.313 e. The van der Waals surface area contributed by atoms with Gasteiger partial charge in [-0.25, -0.2) is 0 Å². The zero-order valence-corrected chi connectivity index (χ0v) is 15.1. The molecule has 2 nitrogen and oxygen atoms in total. The molecular weight excluding hydrogens is 324 g/mol. The molecule has 1 aliphatic heterocycles. The van der Waals surface area contributed by atoms with Gasteiger partial charge in [0.1, 0.15) is 0 Å². The van der Waals surface area contributed by atoms with Crippen LogP contribution in [0.5, 0.6) is 0 Å². The second kappa shape index (κ2) is 8.92. The molecule has 1 heterocycles. The molecule has 1 fully saturated rings. The quantitative estimate of drug-likeness (QED) is 0.763. The van der Waals surface area contributed by atoms with E-state index in [1.165, 1.54) is 54.2 Å². The smallest absolute Gasteiger partial charge is 0.0247 e. The molecule has 1 atom stereocenters. The van der Waals surface area contributed by atoms with Gasteiger partial charge in [0.05, 0.1) is 0 Å². The lowest BCUT2D eigenvalue weighted by Gasteiger charge is -2.36. The third kappa shape index (κ3) is 5.08. The van der Waals surface area contributed by atoms with Gasteiger partial charge in [-0.05, 0) is 49.5 Å². The predicted molar refractivity (Wildman–Crippen MR) is 94.5 cm³/mol. The van der Waals surface area contributed by atoms with Crippen LogP contribution in [0.4, 0.5) is 0 Å². The van der Waals surface area contributed by atoms with Crippen LogP contribution in [0.1, 0.15) is 57.1 Å². The summed E-state index contributed by atoms with van der Waals surface area (Å²) in [5.41, 5.74) is 2.79. The van der Waals surface area contributed by atoms with Gasteiger partial charge in [-0.3, -0.25) is 4.90 Å². The van der Waals surface area contributed by atoms with E-state index in [4.69, 9.17) is 0 Å². The van der Waals surface area contributed by atoms with Gasteiger partial charge in [0.2, 0.25) is 0 Å². The Labute approximate surface area is 138 Å². The van der Waals surface area contributed by atoms with Crippen LogP contribution >= 0.6 is 15.9 Å². The van der Waals surface area contributed by atoms with Crippen LogP contribution in [0.25, 0.3) is 0 Å². The first-order valence-electron chi connectivity index (χ1n) is 8.46. The summed E-state index contributed by atoms with van der Waals surface area (Å²) in [6, 6.07) is 7.63. The second-order valence-electron chi connectivity index (χ2n) is 6.11. The second-order valence-corrected chi connectivity index (χ2v) is 6.97. The van der Waals surface area contributed by atoms with Gasteiger partial charge >= 0.3 is 0 Å². The van der Waals surface area contributed by atoms with E-state index in [1.54, 1.807) is 0 Å². The lowest BCUT2D eigenvalue weighted by Crippen LogP contribution is -2.38. The van der Waals surface area contributed by atoms with E-state index in [-0.39, 0.29) is 0 Å². The molecule has 3 heteroatoms. The van der Waals surface area contributed by atoms with Gasteiger partial charge in [0, 0.05) is 23.6 Å². The van der Waals surface area contributed by atoms with Gasteiger partial charge < -0.3 is 5.32 Å². The number of nitrogens with zero attached hydrogens (tertiary/aromatic N) is 1. The maximum Gasteiger partial charge on any atom is 0.0247 e. The van der Waals surface area contributed by atoms with Gasteiger partial charge in [0.15, 0.2) is 0 Å². The Bertz CT molecular complexity index is 431. The molecule has 1 aliphatic rings. The number of likely N-dealkylation sites (tertiary alicyclic amines) is 1. The Balaban J connectivity index is 2.00. The number of hydrogen-bond acceptors (Lipinski definition) is 2. The van der Waals surface area contributed by atoms with Crippen LogP contribution in [-0.2, 0) is 13.1 Å². The first-order valence-corrected chi connectivity index (χ1v) is 9.26. The normalized spacial score (nSPS) is 19.9. The highest BCUT2D eigenvalue weighted by Crippen LogP contribution is 2.26. The van der Waals surface area contributed by atoms with Crippen molar-refractivity contribution >= 4 is 15.9 Å². The molecule has 1 saturated heterocycles. The number of piperidine rings is 1. The van der Waals surface area contributed by atoms with E-state index >= 15 is 0 Å². The van der Waals surface area contributed by atoms with Crippen molar-refractivity contribution in [2.45, 2.75) is 65.1 Å². The van der Waals surface area contributed by atoms with Crippen molar-refractivity contribution in [2.75, 3.05) is 13.1 Å². The molecule has 1 N–H and O–H groups in total. The Kier molecular flexibility index (Phi) is 7.21. The SMILES string of the molecule is CCCC1CCCCN1Cc1ccc(CNCC)cc1Br. The molecule has 0 amide bonds. The molecule has 0 saturated carbocycles. The highest BCUT2D eigenvalue weighted by molar-refractivity contribution is 9.10. The topological polar surface area (TPSA) is 15.3 Å². The van der Waals surface area contributed by atoms with Crippen molar-refractivity contribution in [3.63, 3.8) is 0 Å². The lowest BCUT2D eigenvalue weighted by molar-refractivity contribution is 0.131. The molecule has 0 aliphatic carbocycles. The number of rotatable bonds is 7. The fraction of sp³-hybridized carbons (Fsp3) is 0.667. The first-order chi connectivity index (χ1) is 10.2. The molecule has 1 unspecified atom stereocenters. The zero-order valence-electron chi connectivity index (χ0n) is 13.5. The zero-order chi connectivity index (χ0) is 15.1. The standard InChI is InChI=1S/C18H29BrN2/c1-3-7-17-8-5-6-11-21(17)14-16-10-9-15(12-18(16)19)13-20-4-2/h9-10,12,17,20H,3-8,11,13-14H2,1-2H3. The van der Waals surface area contributed by atoms with Gasteiger partial charge in [-0.2, -0.15) is 0 Å². The maximum absolute atomic E-state index is 3.77. The van der Waals surface area contributed by atoms with Crippen LogP contribution in [0, 0.1) is 0 Å². The average molecular weight is 353 g/mol. The molecule has 118 valence electrons. The van der Waals surface area contributed by atoms with Crippen LogP contribution in [0.15, 0.2) is 22.7 Å². The van der Waals surface area contributed by atoms with Gasteiger partial charge in [-0.1, -0.05) is 54.8 Å². The first kappa shape index (κ1) is 17.0. The molecule has 0 aromatic heterocycles. The fourth-order valence-corrected chi connectivity index (χ4v) is 3.80. The Morgan fingerprint density at radius 2 is 2.14 bits per heavy atom. The van der Waals surface area contributed by atoms with E-state index in [0.29, 0.717) is 0 Å². The minimum atomic E-state index is 0.789. The summed E-state index contributed by atoms with van der Waals surface area (Å²) in [7, 11) is 0. The Hall–Kier alpha value is -0.380. The van der Waals surface area contributed by atoms with Crippen LogP contribution < -0.4 is 5.32 Å². The molecule has 1 aromatic carbocycles. The number of nitrogens with one attached hydrogen (secondary N) is 1. The number of benzene rings is 1. The third-order valence-electron chi connectivity index (χ3n) is 4.44. The van der Waals surface area contributed by atoms with Crippen molar-refractivity contribution in [3.8, 4) is 0 Å². The van der Waals surface area contributed by atoms with E-state index in [0.717, 1.165) is 25.7 Å². The lowest BCUT2D eigenvalue weighted by atomic mass is 9.97. The van der Waals surface area contributed by atoms with E-state index in [9.17, 15) is 0 Å². The predicted octanol–water partition coefficient (Wildman–Crippen LogP) is 4.71. The highest BCUT2D eigenvalue weighted by atomic mass is 79.9.